The molecule has 0 aliphatic carbocycles. The van der Waals surface area contributed by atoms with E-state index in [2.05, 4.69) is 97.7 Å². The number of rotatable bonds is 4. The van der Waals surface area contributed by atoms with E-state index in [1.165, 1.54) is 65.5 Å². The summed E-state index contributed by atoms with van der Waals surface area (Å²) in [6, 6.07) is 33.1. The molecule has 0 fully saturated rings. The molecule has 0 aliphatic rings. The van der Waals surface area contributed by atoms with Crippen molar-refractivity contribution in [1.29, 1.82) is 0 Å². The Balaban J connectivity index is 1.31. The smallest absolute Gasteiger partial charge is 0.167 e. The normalized spacial score (nSPS) is 11.7. The Morgan fingerprint density at radius 3 is 1.48 bits per heavy atom. The second kappa shape index (κ2) is 12.0. The van der Waals surface area contributed by atoms with Crippen LogP contribution in [0.25, 0.3) is 83.6 Å². The van der Waals surface area contributed by atoms with Crippen molar-refractivity contribution in [3.8, 4) is 39.9 Å². The maximum absolute atomic E-state index is 6.72. The quantitative estimate of drug-likeness (QED) is 0.181. The lowest BCUT2D eigenvalue weighted by atomic mass is 9.63. The molecule has 238 valence electrons. The molecule has 6 aromatic carbocycles. The van der Waals surface area contributed by atoms with Gasteiger partial charge in [-0.3, -0.25) is 0 Å². The lowest BCUT2D eigenvalue weighted by molar-refractivity contribution is 0.669. The van der Waals surface area contributed by atoms with Crippen LogP contribution < -0.4 is 43.7 Å². The molecule has 5 nitrogen and oxygen atoms in total. The molecule has 0 bridgehead atoms. The Morgan fingerprint density at radius 1 is 0.442 bits per heavy atom. The number of furan rings is 1. The fourth-order valence-electron chi connectivity index (χ4n) is 8.16. The Kier molecular flexibility index (Phi) is 7.48. The summed E-state index contributed by atoms with van der Waals surface area (Å²) in [6.45, 7) is 0. The highest BCUT2D eigenvalue weighted by Crippen LogP contribution is 2.37. The lowest BCUT2D eigenvalue weighted by Gasteiger charge is -2.17. The first-order valence-corrected chi connectivity index (χ1v) is 18.0. The average molecular weight is 659 g/mol. The number of nitrogens with zero attached hydrogens (tertiary/aromatic N) is 4. The summed E-state index contributed by atoms with van der Waals surface area (Å²) >= 11 is 0. The standard InChI is InChI=1S/C39H32B8N4O/c40-26-24-25-27(41)29(43)31(45)33(47)35(25)51(34(24)32(46)30(44)28(26)42)19-14-15-23-22(16-19)20-12-7-13-21(36(20)52-23)39-49-37(17-8-3-1-4-9-17)48-38(50-39)18-10-5-2-6-11-18/h1-16H,40-47H2. The van der Waals surface area contributed by atoms with Gasteiger partial charge in [-0.25, -0.2) is 15.0 Å². The highest BCUT2D eigenvalue weighted by Gasteiger charge is 2.24. The van der Waals surface area contributed by atoms with Crippen LogP contribution in [0, 0.1) is 0 Å². The molecule has 0 aliphatic heterocycles. The molecule has 9 aromatic rings. The molecule has 0 N–H and O–H groups in total. The van der Waals surface area contributed by atoms with Gasteiger partial charge in [-0.05, 0) is 35.0 Å². The molecule has 0 unspecified atom stereocenters. The molecule has 0 atom stereocenters. The van der Waals surface area contributed by atoms with Crippen molar-refractivity contribution in [2.75, 3.05) is 0 Å². The number of para-hydroxylation sites is 1. The Morgan fingerprint density at radius 2 is 0.942 bits per heavy atom. The van der Waals surface area contributed by atoms with Gasteiger partial charge in [0.15, 0.2) is 17.5 Å². The minimum absolute atomic E-state index is 0.578. The Bertz CT molecular complexity index is 2810. The minimum Gasteiger partial charge on any atom is -0.455 e. The number of fused-ring (bicyclic) bond motifs is 6. The topological polar surface area (TPSA) is 56.7 Å². The summed E-state index contributed by atoms with van der Waals surface area (Å²) in [4.78, 5) is 15.0. The molecule has 0 spiro atoms. The second-order valence-corrected chi connectivity index (χ2v) is 14.3. The van der Waals surface area contributed by atoms with E-state index >= 15 is 0 Å². The van der Waals surface area contributed by atoms with Crippen molar-refractivity contribution in [2.24, 2.45) is 0 Å². The molecule has 9 rings (SSSR count). The largest absolute Gasteiger partial charge is 0.455 e. The Hall–Kier alpha value is -5.55. The molecular weight excluding hydrogens is 627 g/mol. The molecule has 52 heavy (non-hydrogen) atoms. The second-order valence-electron chi connectivity index (χ2n) is 14.3. The van der Waals surface area contributed by atoms with Gasteiger partial charge in [0.2, 0.25) is 0 Å². The fraction of sp³-hybridized carbons (Fsp3) is 0. The number of hydrogen-bond acceptors (Lipinski definition) is 4. The number of benzene rings is 6. The summed E-state index contributed by atoms with van der Waals surface area (Å²) in [5, 5.41) is 4.80. The van der Waals surface area contributed by atoms with Crippen molar-refractivity contribution >= 4 is 150 Å². The SMILES string of the molecule is Bc1c(B)c(B)c2c(c1B)c1c(B)c(B)c(B)c(B)c1n2-c1ccc2oc3c(-c4nc(-c5ccccc5)nc(-c5ccccc5)n4)cccc3c2c1. The van der Waals surface area contributed by atoms with E-state index in [-0.39, 0.29) is 0 Å². The molecule has 0 saturated carbocycles. The van der Waals surface area contributed by atoms with Crippen LogP contribution >= 0.6 is 0 Å². The summed E-state index contributed by atoms with van der Waals surface area (Å²) in [6.07, 6.45) is 0. The van der Waals surface area contributed by atoms with Gasteiger partial charge >= 0.3 is 0 Å². The van der Waals surface area contributed by atoms with Gasteiger partial charge in [0.1, 0.15) is 73.9 Å². The van der Waals surface area contributed by atoms with E-state index in [0.717, 1.165) is 44.3 Å². The molecule has 0 radical (unpaired) electrons. The van der Waals surface area contributed by atoms with Crippen molar-refractivity contribution in [3.63, 3.8) is 0 Å². The van der Waals surface area contributed by atoms with Gasteiger partial charge in [0.25, 0.3) is 0 Å². The van der Waals surface area contributed by atoms with Crippen molar-refractivity contribution in [1.82, 2.24) is 19.5 Å². The zero-order chi connectivity index (χ0) is 36.0. The van der Waals surface area contributed by atoms with Crippen LogP contribution in [-0.2, 0) is 0 Å². The van der Waals surface area contributed by atoms with Crippen LogP contribution in [-0.4, -0.2) is 82.3 Å². The summed E-state index contributed by atoms with van der Waals surface area (Å²) in [5.74, 6) is 1.83. The van der Waals surface area contributed by atoms with Gasteiger partial charge in [0, 0.05) is 38.6 Å². The van der Waals surface area contributed by atoms with Gasteiger partial charge in [0.05, 0.1) is 5.56 Å². The van der Waals surface area contributed by atoms with E-state index in [1.54, 1.807) is 0 Å². The molecule has 3 heterocycles. The fourth-order valence-corrected chi connectivity index (χ4v) is 8.16. The summed E-state index contributed by atoms with van der Waals surface area (Å²) in [7, 11) is 18.2. The van der Waals surface area contributed by atoms with Gasteiger partial charge in [-0.1, -0.05) is 106 Å². The molecule has 0 saturated heterocycles. The Labute approximate surface area is 309 Å². The first-order chi connectivity index (χ1) is 25.1. The van der Waals surface area contributed by atoms with Crippen molar-refractivity contribution in [2.45, 2.75) is 0 Å². The summed E-state index contributed by atoms with van der Waals surface area (Å²) < 4.78 is 9.24. The maximum Gasteiger partial charge on any atom is 0.167 e. The van der Waals surface area contributed by atoms with Crippen LogP contribution in [0.5, 0.6) is 0 Å². The summed E-state index contributed by atoms with van der Waals surface area (Å²) in [5.41, 5.74) is 18.8. The van der Waals surface area contributed by atoms with Gasteiger partial charge in [-0.2, -0.15) is 0 Å². The monoisotopic (exact) mass is 660 g/mol. The van der Waals surface area contributed by atoms with Crippen molar-refractivity contribution < 1.29 is 4.42 Å². The highest BCUT2D eigenvalue weighted by atomic mass is 16.3. The molecular formula is C39H32B8N4O. The minimum atomic E-state index is 0.578. The predicted molar refractivity (Wildman–Crippen MR) is 243 cm³/mol. The van der Waals surface area contributed by atoms with Crippen molar-refractivity contribution in [3.05, 3.63) is 97.1 Å². The first kappa shape index (κ1) is 32.4. The van der Waals surface area contributed by atoms with E-state index in [4.69, 9.17) is 19.4 Å². The average Bonchev–Trinajstić information content (AvgIpc) is 3.75. The first-order valence-electron chi connectivity index (χ1n) is 18.0. The number of hydrogen-bond donors (Lipinski definition) is 0. The third kappa shape index (κ3) is 4.71. The molecule has 13 heteroatoms. The van der Waals surface area contributed by atoms with E-state index in [9.17, 15) is 0 Å². The third-order valence-electron chi connectivity index (χ3n) is 11.7. The molecule has 3 aromatic heterocycles. The molecule has 0 amide bonds. The zero-order valence-electron chi connectivity index (χ0n) is 30.9. The highest BCUT2D eigenvalue weighted by molar-refractivity contribution is 6.71. The van der Waals surface area contributed by atoms with Crippen LogP contribution in [0.2, 0.25) is 0 Å². The predicted octanol–water partition coefficient (Wildman–Crippen LogP) is -4.06. The maximum atomic E-state index is 6.72. The zero-order valence-corrected chi connectivity index (χ0v) is 30.9. The number of aromatic nitrogens is 4. The van der Waals surface area contributed by atoms with Crippen LogP contribution in [0.15, 0.2) is 101 Å². The van der Waals surface area contributed by atoms with Crippen LogP contribution in [0.1, 0.15) is 0 Å². The van der Waals surface area contributed by atoms with E-state index < -0.39 is 0 Å². The third-order valence-corrected chi connectivity index (χ3v) is 11.7. The van der Waals surface area contributed by atoms with Gasteiger partial charge in [-0.15, -0.1) is 10.9 Å². The van der Waals surface area contributed by atoms with Crippen LogP contribution in [0.4, 0.5) is 0 Å². The van der Waals surface area contributed by atoms with Gasteiger partial charge < -0.3 is 8.98 Å². The van der Waals surface area contributed by atoms with Crippen LogP contribution in [0.3, 0.4) is 0 Å². The lowest BCUT2D eigenvalue weighted by Crippen LogP contribution is -2.49. The van der Waals surface area contributed by atoms with E-state index in [0.29, 0.717) is 17.5 Å². The van der Waals surface area contributed by atoms with E-state index in [1.807, 2.05) is 66.7 Å².